The molecule has 6 heteroatoms. The third kappa shape index (κ3) is 2.79. The first-order valence-corrected chi connectivity index (χ1v) is 6.40. The zero-order chi connectivity index (χ0) is 14.7. The molecule has 6 nitrogen and oxygen atoms in total. The van der Waals surface area contributed by atoms with Crippen molar-refractivity contribution in [3.8, 4) is 0 Å². The molecule has 0 saturated carbocycles. The Labute approximate surface area is 116 Å². The first-order chi connectivity index (χ1) is 9.50. The molecule has 3 N–H and O–H groups in total. The Bertz CT molecular complexity index is 556. The molecule has 0 saturated heterocycles. The molecule has 1 aliphatic rings. The topological polar surface area (TPSA) is 101 Å². The van der Waals surface area contributed by atoms with Crippen LogP contribution < -0.4 is 5.73 Å². The Morgan fingerprint density at radius 3 is 2.70 bits per heavy atom. The number of nitrogens with two attached hydrogens (primary N) is 1. The van der Waals surface area contributed by atoms with Crippen LogP contribution in [0.25, 0.3) is 0 Å². The standard InChI is InChI=1S/C14H16N2O4/c15-12(17)6-5-11(14(19)20)16-8-7-9-3-1-2-4-10(9)13(16)18/h1-4,11H,5-8H2,(H2,15,17)(H,19,20). The predicted octanol–water partition coefficient (Wildman–Crippen LogP) is 0.404. The van der Waals surface area contributed by atoms with Gasteiger partial charge in [-0.3, -0.25) is 9.59 Å². The number of amides is 2. The monoisotopic (exact) mass is 276 g/mol. The molecule has 1 aromatic carbocycles. The lowest BCUT2D eigenvalue weighted by Gasteiger charge is -2.33. The molecular weight excluding hydrogens is 260 g/mol. The molecule has 0 fully saturated rings. The van der Waals surface area contributed by atoms with Gasteiger partial charge in [0, 0.05) is 18.5 Å². The van der Waals surface area contributed by atoms with E-state index >= 15 is 0 Å². The molecule has 0 aliphatic carbocycles. The zero-order valence-corrected chi connectivity index (χ0v) is 10.9. The van der Waals surface area contributed by atoms with Crippen LogP contribution in [0.2, 0.25) is 0 Å². The minimum absolute atomic E-state index is 0.0403. The fourth-order valence-corrected chi connectivity index (χ4v) is 2.43. The molecule has 1 aromatic rings. The number of fused-ring (bicyclic) bond motifs is 1. The van der Waals surface area contributed by atoms with Crippen molar-refractivity contribution >= 4 is 17.8 Å². The van der Waals surface area contributed by atoms with Crippen LogP contribution in [-0.4, -0.2) is 40.4 Å². The van der Waals surface area contributed by atoms with Gasteiger partial charge in [0.15, 0.2) is 0 Å². The van der Waals surface area contributed by atoms with Gasteiger partial charge in [-0.25, -0.2) is 4.79 Å². The van der Waals surface area contributed by atoms with E-state index in [9.17, 15) is 19.5 Å². The Kier molecular flexibility index (Phi) is 4.02. The van der Waals surface area contributed by atoms with Crippen LogP contribution >= 0.6 is 0 Å². The second-order valence-corrected chi connectivity index (χ2v) is 4.76. The number of hydrogen-bond donors (Lipinski definition) is 2. The zero-order valence-electron chi connectivity index (χ0n) is 10.9. The van der Waals surface area contributed by atoms with Gasteiger partial charge in [0.05, 0.1) is 0 Å². The number of carboxylic acid groups (broad SMARTS) is 1. The van der Waals surface area contributed by atoms with Crippen LogP contribution in [0.5, 0.6) is 0 Å². The van der Waals surface area contributed by atoms with Crippen LogP contribution in [0.3, 0.4) is 0 Å². The van der Waals surface area contributed by atoms with Crippen LogP contribution in [0, 0.1) is 0 Å². The fourth-order valence-electron chi connectivity index (χ4n) is 2.43. The molecular formula is C14H16N2O4. The Balaban J connectivity index is 2.21. The van der Waals surface area contributed by atoms with Gasteiger partial charge in [0.2, 0.25) is 5.91 Å². The fraction of sp³-hybridized carbons (Fsp3) is 0.357. The van der Waals surface area contributed by atoms with Gasteiger partial charge < -0.3 is 15.7 Å². The summed E-state index contributed by atoms with van der Waals surface area (Å²) in [6.45, 7) is 0.339. The summed E-state index contributed by atoms with van der Waals surface area (Å²) in [4.78, 5) is 35.8. The van der Waals surface area contributed by atoms with Crippen molar-refractivity contribution in [3.63, 3.8) is 0 Å². The predicted molar refractivity (Wildman–Crippen MR) is 71.0 cm³/mol. The van der Waals surface area contributed by atoms with E-state index < -0.39 is 17.9 Å². The quantitative estimate of drug-likeness (QED) is 0.813. The first kappa shape index (κ1) is 14.0. The van der Waals surface area contributed by atoms with Crippen molar-refractivity contribution in [2.45, 2.75) is 25.3 Å². The first-order valence-electron chi connectivity index (χ1n) is 6.40. The molecule has 1 aliphatic heterocycles. The molecule has 1 atom stereocenters. The van der Waals surface area contributed by atoms with Crippen molar-refractivity contribution in [2.24, 2.45) is 5.73 Å². The van der Waals surface area contributed by atoms with Gasteiger partial charge >= 0.3 is 5.97 Å². The smallest absolute Gasteiger partial charge is 0.326 e. The van der Waals surface area contributed by atoms with E-state index in [1.165, 1.54) is 4.90 Å². The number of aliphatic carboxylic acids is 1. The highest BCUT2D eigenvalue weighted by Crippen LogP contribution is 2.22. The number of carboxylic acids is 1. The third-order valence-electron chi connectivity index (χ3n) is 3.46. The highest BCUT2D eigenvalue weighted by atomic mass is 16.4. The number of primary amides is 1. The average Bonchev–Trinajstić information content (AvgIpc) is 2.41. The molecule has 1 heterocycles. The molecule has 2 rings (SSSR count). The maximum absolute atomic E-state index is 12.4. The van der Waals surface area contributed by atoms with Gasteiger partial charge in [-0.2, -0.15) is 0 Å². The van der Waals surface area contributed by atoms with Crippen molar-refractivity contribution in [2.75, 3.05) is 6.54 Å². The highest BCUT2D eigenvalue weighted by Gasteiger charge is 2.33. The van der Waals surface area contributed by atoms with Crippen molar-refractivity contribution in [1.29, 1.82) is 0 Å². The van der Waals surface area contributed by atoms with Crippen LogP contribution in [-0.2, 0) is 16.0 Å². The number of hydrogen-bond acceptors (Lipinski definition) is 3. The molecule has 1 unspecified atom stereocenters. The summed E-state index contributed by atoms with van der Waals surface area (Å²) in [7, 11) is 0. The van der Waals surface area contributed by atoms with Gasteiger partial charge in [0.1, 0.15) is 6.04 Å². The van der Waals surface area contributed by atoms with E-state index in [0.29, 0.717) is 18.5 Å². The summed E-state index contributed by atoms with van der Waals surface area (Å²) in [5.41, 5.74) is 6.50. The lowest BCUT2D eigenvalue weighted by Crippen LogP contribution is -2.48. The molecule has 0 aromatic heterocycles. The van der Waals surface area contributed by atoms with Crippen molar-refractivity contribution in [1.82, 2.24) is 4.90 Å². The number of carbonyl (C=O) groups excluding carboxylic acids is 2. The summed E-state index contributed by atoms with van der Waals surface area (Å²) >= 11 is 0. The maximum Gasteiger partial charge on any atom is 0.326 e. The van der Waals surface area contributed by atoms with E-state index in [1.54, 1.807) is 12.1 Å². The summed E-state index contributed by atoms with van der Waals surface area (Å²) in [5.74, 6) is -1.98. The van der Waals surface area contributed by atoms with Crippen molar-refractivity contribution < 1.29 is 19.5 Å². The molecule has 0 spiro atoms. The second kappa shape index (κ2) is 5.73. The maximum atomic E-state index is 12.4. The Morgan fingerprint density at radius 2 is 2.05 bits per heavy atom. The SMILES string of the molecule is NC(=O)CCC(C(=O)O)N1CCc2ccccc2C1=O. The molecule has 0 bridgehead atoms. The van der Waals surface area contributed by atoms with Gasteiger partial charge in [-0.05, 0) is 24.5 Å². The summed E-state index contributed by atoms with van der Waals surface area (Å²) < 4.78 is 0. The van der Waals surface area contributed by atoms with E-state index in [1.807, 2.05) is 12.1 Å². The number of carbonyl (C=O) groups is 3. The molecule has 20 heavy (non-hydrogen) atoms. The summed E-state index contributed by atoms with van der Waals surface area (Å²) in [6, 6.07) is 6.15. The lowest BCUT2D eigenvalue weighted by atomic mass is 9.96. The van der Waals surface area contributed by atoms with E-state index in [-0.39, 0.29) is 18.7 Å². The second-order valence-electron chi connectivity index (χ2n) is 4.76. The van der Waals surface area contributed by atoms with Crippen molar-refractivity contribution in [3.05, 3.63) is 35.4 Å². The Hall–Kier alpha value is -2.37. The van der Waals surface area contributed by atoms with Crippen LogP contribution in [0.4, 0.5) is 0 Å². The van der Waals surface area contributed by atoms with E-state index in [0.717, 1.165) is 5.56 Å². The number of rotatable bonds is 5. The van der Waals surface area contributed by atoms with E-state index in [4.69, 9.17) is 5.73 Å². The normalized spacial score (nSPS) is 15.6. The highest BCUT2D eigenvalue weighted by molar-refractivity contribution is 5.99. The number of benzene rings is 1. The summed E-state index contributed by atoms with van der Waals surface area (Å²) in [6.07, 6.45) is 0.600. The van der Waals surface area contributed by atoms with Gasteiger partial charge in [-0.1, -0.05) is 18.2 Å². The minimum Gasteiger partial charge on any atom is -0.480 e. The molecule has 106 valence electrons. The van der Waals surface area contributed by atoms with Crippen LogP contribution in [0.15, 0.2) is 24.3 Å². The lowest BCUT2D eigenvalue weighted by molar-refractivity contribution is -0.142. The largest absolute Gasteiger partial charge is 0.480 e. The van der Waals surface area contributed by atoms with Gasteiger partial charge in [-0.15, -0.1) is 0 Å². The third-order valence-corrected chi connectivity index (χ3v) is 3.46. The average molecular weight is 276 g/mol. The molecule has 0 radical (unpaired) electrons. The van der Waals surface area contributed by atoms with Crippen LogP contribution in [0.1, 0.15) is 28.8 Å². The minimum atomic E-state index is -1.11. The summed E-state index contributed by atoms with van der Waals surface area (Å²) in [5, 5.41) is 9.26. The Morgan fingerprint density at radius 1 is 1.35 bits per heavy atom. The number of nitrogens with zero attached hydrogens (tertiary/aromatic N) is 1. The van der Waals surface area contributed by atoms with E-state index in [2.05, 4.69) is 0 Å². The molecule has 2 amide bonds. The van der Waals surface area contributed by atoms with Gasteiger partial charge in [0.25, 0.3) is 5.91 Å².